The van der Waals surface area contributed by atoms with Crippen molar-refractivity contribution in [3.05, 3.63) is 16.7 Å². The van der Waals surface area contributed by atoms with Crippen LogP contribution in [-0.2, 0) is 0 Å². The predicted octanol–water partition coefficient (Wildman–Crippen LogP) is -0.883. The Morgan fingerprint density at radius 3 is 3.15 bits per heavy atom. The first-order valence-electron chi connectivity index (χ1n) is 3.43. The quantitative estimate of drug-likeness (QED) is 0.610. The van der Waals surface area contributed by atoms with Gasteiger partial charge in [0.1, 0.15) is 6.33 Å². The highest BCUT2D eigenvalue weighted by Gasteiger charge is 2.04. The normalized spacial score (nSPS) is 10.2. The molecule has 7 nitrogen and oxygen atoms in total. The van der Waals surface area contributed by atoms with E-state index in [4.69, 9.17) is 4.74 Å². The van der Waals surface area contributed by atoms with Gasteiger partial charge in [-0.3, -0.25) is 9.78 Å². The van der Waals surface area contributed by atoms with Crippen molar-refractivity contribution in [2.45, 2.75) is 0 Å². The summed E-state index contributed by atoms with van der Waals surface area (Å²) in [5.74, 6) is 0. The van der Waals surface area contributed by atoms with Crippen LogP contribution in [0.25, 0.3) is 11.2 Å². The van der Waals surface area contributed by atoms with Gasteiger partial charge in [0, 0.05) is 0 Å². The summed E-state index contributed by atoms with van der Waals surface area (Å²) in [6.45, 7) is 0. The summed E-state index contributed by atoms with van der Waals surface area (Å²) in [4.78, 5) is 21.2. The third kappa shape index (κ3) is 1.19. The van der Waals surface area contributed by atoms with Crippen molar-refractivity contribution < 1.29 is 4.74 Å². The van der Waals surface area contributed by atoms with Crippen LogP contribution in [0.4, 0.5) is 0 Å². The topological polar surface area (TPSA) is 93.7 Å². The number of methoxy groups -OCH3 is 1. The maximum absolute atomic E-state index is 11.3. The summed E-state index contributed by atoms with van der Waals surface area (Å²) in [5, 5.41) is 7.12. The molecule has 0 aliphatic rings. The van der Waals surface area contributed by atoms with Gasteiger partial charge in [-0.15, -0.1) is 10.2 Å². The molecule has 0 atom stereocenters. The van der Waals surface area contributed by atoms with Gasteiger partial charge in [-0.25, -0.2) is 4.98 Å². The van der Waals surface area contributed by atoms with Crippen LogP contribution >= 0.6 is 0 Å². The van der Waals surface area contributed by atoms with E-state index in [-0.39, 0.29) is 17.2 Å². The molecule has 7 heteroatoms. The van der Waals surface area contributed by atoms with Gasteiger partial charge < -0.3 is 4.74 Å². The Morgan fingerprint density at radius 2 is 2.38 bits per heavy atom. The molecule has 0 saturated heterocycles. The molecule has 0 fully saturated rings. The van der Waals surface area contributed by atoms with Gasteiger partial charge in [0.25, 0.3) is 11.6 Å². The molecule has 0 spiro atoms. The number of H-pyrrole nitrogens is 1. The summed E-state index contributed by atoms with van der Waals surface area (Å²) in [7, 11) is 1.40. The van der Waals surface area contributed by atoms with Crippen LogP contribution in [0, 0.1) is 0 Å². The molecule has 66 valence electrons. The number of rotatable bonds is 1. The van der Waals surface area contributed by atoms with Crippen molar-refractivity contribution in [1.29, 1.82) is 0 Å². The van der Waals surface area contributed by atoms with Crippen molar-refractivity contribution in [2.24, 2.45) is 0 Å². The number of nitrogens with one attached hydrogen (secondary N) is 1. The Morgan fingerprint density at radius 1 is 1.54 bits per heavy atom. The Bertz CT molecular complexity index is 494. The highest BCUT2D eigenvalue weighted by molar-refractivity contribution is 5.66. The van der Waals surface area contributed by atoms with E-state index in [0.717, 1.165) is 0 Å². The molecule has 0 radical (unpaired) electrons. The molecule has 0 aliphatic heterocycles. The van der Waals surface area contributed by atoms with Crippen LogP contribution in [0.2, 0.25) is 0 Å². The Balaban J connectivity index is 2.85. The lowest BCUT2D eigenvalue weighted by Crippen LogP contribution is -2.12. The Hall–Kier alpha value is -2.05. The average Bonchev–Trinajstić information content (AvgIpc) is 2.18. The molecular weight excluding hydrogens is 174 g/mol. The molecule has 2 aromatic rings. The van der Waals surface area contributed by atoms with Crippen LogP contribution in [-0.4, -0.2) is 32.3 Å². The van der Waals surface area contributed by atoms with Gasteiger partial charge in [-0.1, -0.05) is 0 Å². The number of ether oxygens (including phenoxy) is 1. The first-order chi connectivity index (χ1) is 6.31. The van der Waals surface area contributed by atoms with Gasteiger partial charge in [-0.2, -0.15) is 4.98 Å². The maximum atomic E-state index is 11.3. The number of hydrogen-bond donors (Lipinski definition) is 1. The molecule has 0 amide bonds. The fraction of sp³-hybridized carbons (Fsp3) is 0.167. The zero-order valence-corrected chi connectivity index (χ0v) is 6.68. The van der Waals surface area contributed by atoms with E-state index in [1.165, 1.54) is 13.4 Å². The second-order valence-electron chi connectivity index (χ2n) is 2.21. The van der Waals surface area contributed by atoms with Gasteiger partial charge >= 0.3 is 0 Å². The minimum absolute atomic E-state index is 0.0970. The molecule has 2 heterocycles. The lowest BCUT2D eigenvalue weighted by atomic mass is 10.5. The number of hydrogen-bond acceptors (Lipinski definition) is 6. The predicted molar refractivity (Wildman–Crippen MR) is 42.3 cm³/mol. The third-order valence-electron chi connectivity index (χ3n) is 1.44. The van der Waals surface area contributed by atoms with Gasteiger partial charge in [-0.05, 0) is 0 Å². The fourth-order valence-corrected chi connectivity index (χ4v) is 0.882. The zero-order chi connectivity index (χ0) is 9.26. The van der Waals surface area contributed by atoms with Crippen molar-refractivity contribution in [1.82, 2.24) is 25.1 Å². The van der Waals surface area contributed by atoms with Crippen LogP contribution in [0.3, 0.4) is 0 Å². The summed E-state index contributed by atoms with van der Waals surface area (Å²) in [6, 6.07) is 0.0970. The van der Waals surface area contributed by atoms with E-state index in [1.807, 2.05) is 0 Å². The molecular formula is C6H5N5O2. The van der Waals surface area contributed by atoms with Gasteiger partial charge in [0.15, 0.2) is 5.52 Å². The first kappa shape index (κ1) is 7.59. The molecule has 0 bridgehead atoms. The summed E-state index contributed by atoms with van der Waals surface area (Å²) in [5.41, 5.74) is -0.0735. The van der Waals surface area contributed by atoms with Crippen LogP contribution in [0.5, 0.6) is 6.01 Å². The smallest absolute Gasteiger partial charge is 0.298 e. The average molecular weight is 179 g/mol. The molecule has 0 unspecified atom stereocenters. The van der Waals surface area contributed by atoms with Crippen molar-refractivity contribution in [3.8, 4) is 6.01 Å². The SMILES string of the molecule is COc1nc2nncnc2c(=O)[nH]1. The third-order valence-corrected chi connectivity index (χ3v) is 1.44. The monoisotopic (exact) mass is 179 g/mol. The Labute approximate surface area is 71.8 Å². The summed E-state index contributed by atoms with van der Waals surface area (Å²) < 4.78 is 4.74. The highest BCUT2D eigenvalue weighted by Crippen LogP contribution is 2.01. The molecule has 0 aromatic carbocycles. The van der Waals surface area contributed by atoms with Crippen molar-refractivity contribution in [3.63, 3.8) is 0 Å². The summed E-state index contributed by atoms with van der Waals surface area (Å²) in [6.07, 6.45) is 1.19. The second kappa shape index (κ2) is 2.77. The van der Waals surface area contributed by atoms with E-state index in [0.29, 0.717) is 0 Å². The minimum atomic E-state index is -0.392. The van der Waals surface area contributed by atoms with E-state index in [9.17, 15) is 4.79 Å². The molecule has 2 aromatic heterocycles. The van der Waals surface area contributed by atoms with E-state index >= 15 is 0 Å². The number of fused-ring (bicyclic) bond motifs is 1. The highest BCUT2D eigenvalue weighted by atomic mass is 16.5. The lowest BCUT2D eigenvalue weighted by molar-refractivity contribution is 0.380. The number of nitrogens with zero attached hydrogens (tertiary/aromatic N) is 4. The lowest BCUT2D eigenvalue weighted by Gasteiger charge is -1.97. The number of aromatic amines is 1. The van der Waals surface area contributed by atoms with Crippen LogP contribution < -0.4 is 10.3 Å². The fourth-order valence-electron chi connectivity index (χ4n) is 0.882. The number of aromatic nitrogens is 5. The minimum Gasteiger partial charge on any atom is -0.468 e. The molecule has 1 N–H and O–H groups in total. The molecule has 0 aliphatic carbocycles. The van der Waals surface area contributed by atoms with E-state index in [2.05, 4.69) is 25.1 Å². The Kier molecular flexibility index (Phi) is 1.62. The zero-order valence-electron chi connectivity index (χ0n) is 6.68. The second-order valence-corrected chi connectivity index (χ2v) is 2.21. The van der Waals surface area contributed by atoms with Gasteiger partial charge in [0.05, 0.1) is 7.11 Å². The van der Waals surface area contributed by atoms with Crippen LogP contribution in [0.1, 0.15) is 0 Å². The first-order valence-corrected chi connectivity index (χ1v) is 3.43. The van der Waals surface area contributed by atoms with Crippen molar-refractivity contribution >= 4 is 11.2 Å². The molecule has 13 heavy (non-hydrogen) atoms. The van der Waals surface area contributed by atoms with Crippen LogP contribution in [0.15, 0.2) is 11.1 Å². The summed E-state index contributed by atoms with van der Waals surface area (Å²) >= 11 is 0. The molecule has 0 saturated carbocycles. The van der Waals surface area contributed by atoms with E-state index < -0.39 is 5.56 Å². The van der Waals surface area contributed by atoms with Gasteiger partial charge in [0.2, 0.25) is 5.65 Å². The van der Waals surface area contributed by atoms with E-state index in [1.54, 1.807) is 0 Å². The standard InChI is InChI=1S/C6H5N5O2/c1-13-6-9-4-3(5(12)10-6)7-2-8-11-4/h2H,1H3,(H,9,10,11,12). The maximum Gasteiger partial charge on any atom is 0.298 e. The molecule has 2 rings (SSSR count). The largest absolute Gasteiger partial charge is 0.468 e. The van der Waals surface area contributed by atoms with Crippen molar-refractivity contribution in [2.75, 3.05) is 7.11 Å².